The minimum Gasteiger partial charge on any atom is -0.377 e. The van der Waals surface area contributed by atoms with Gasteiger partial charge in [0.2, 0.25) is 0 Å². The minimum absolute atomic E-state index is 0.00569. The Labute approximate surface area is 136 Å². The molecule has 1 saturated carbocycles. The molecule has 2 nitrogen and oxygen atoms in total. The molecule has 1 aliphatic rings. The second-order valence-electron chi connectivity index (χ2n) is 5.83. The van der Waals surface area contributed by atoms with Crippen LogP contribution < -0.4 is 5.32 Å². The predicted octanol–water partition coefficient (Wildman–Crippen LogP) is 5.25. The van der Waals surface area contributed by atoms with E-state index in [-0.39, 0.29) is 12.0 Å². The lowest BCUT2D eigenvalue weighted by atomic mass is 9.80. The third-order valence-electron chi connectivity index (χ3n) is 4.34. The quantitative estimate of drug-likeness (QED) is 0.835. The molecule has 0 aromatic heterocycles. The van der Waals surface area contributed by atoms with Gasteiger partial charge in [0, 0.05) is 23.0 Å². The molecular formula is C19H20ClNO. The molecule has 0 amide bonds. The van der Waals surface area contributed by atoms with Gasteiger partial charge in [-0.2, -0.15) is 0 Å². The number of nitrogens with one attached hydrogen (secondary N) is 1. The van der Waals surface area contributed by atoms with Crippen molar-refractivity contribution >= 4 is 23.1 Å². The van der Waals surface area contributed by atoms with Gasteiger partial charge < -0.3 is 5.32 Å². The molecule has 2 aromatic carbocycles. The van der Waals surface area contributed by atoms with Gasteiger partial charge >= 0.3 is 0 Å². The largest absolute Gasteiger partial charge is 0.377 e. The summed E-state index contributed by atoms with van der Waals surface area (Å²) < 4.78 is 0. The first-order chi connectivity index (χ1) is 10.8. The fourth-order valence-corrected chi connectivity index (χ4v) is 3.45. The molecule has 0 aliphatic heterocycles. The number of Topliss-reactive ketones (excluding diaryl/α,β-unsaturated/α-hetero) is 1. The lowest BCUT2D eigenvalue weighted by molar-refractivity contribution is -0.125. The average Bonchev–Trinajstić information content (AvgIpc) is 2.55. The van der Waals surface area contributed by atoms with E-state index in [4.69, 9.17) is 11.6 Å². The maximum atomic E-state index is 12.4. The summed E-state index contributed by atoms with van der Waals surface area (Å²) in [6.45, 7) is 0. The van der Waals surface area contributed by atoms with E-state index in [9.17, 15) is 4.79 Å². The molecule has 0 spiro atoms. The standard InChI is InChI=1S/C19H20ClNO/c20-17-12-6-4-10-15(17)19(16-11-5-7-13-18(16)22)21-14-8-2-1-3-9-14/h1-4,6,8-10,12,16,19,21H,5,7,11,13H2/t16-,19+/m0/s1. The van der Waals surface area contributed by atoms with Crippen LogP contribution in [0.4, 0.5) is 5.69 Å². The third-order valence-corrected chi connectivity index (χ3v) is 4.68. The van der Waals surface area contributed by atoms with Crippen molar-refractivity contribution in [3.63, 3.8) is 0 Å². The Hall–Kier alpha value is -1.80. The van der Waals surface area contributed by atoms with E-state index < -0.39 is 0 Å². The molecule has 1 aliphatic carbocycles. The van der Waals surface area contributed by atoms with E-state index in [0.717, 1.165) is 30.5 Å². The zero-order chi connectivity index (χ0) is 15.4. The van der Waals surface area contributed by atoms with E-state index in [1.54, 1.807) is 0 Å². The number of benzene rings is 2. The monoisotopic (exact) mass is 313 g/mol. The van der Waals surface area contributed by atoms with Gasteiger partial charge in [-0.15, -0.1) is 0 Å². The maximum Gasteiger partial charge on any atom is 0.138 e. The summed E-state index contributed by atoms with van der Waals surface area (Å²) in [5, 5.41) is 4.25. The van der Waals surface area contributed by atoms with Crippen LogP contribution in [0, 0.1) is 5.92 Å². The summed E-state index contributed by atoms with van der Waals surface area (Å²) in [5.41, 5.74) is 2.03. The predicted molar refractivity (Wildman–Crippen MR) is 91.2 cm³/mol. The zero-order valence-corrected chi connectivity index (χ0v) is 13.2. The molecule has 0 bridgehead atoms. The summed E-state index contributed by atoms with van der Waals surface area (Å²) in [6.07, 6.45) is 3.72. The Morgan fingerprint density at radius 3 is 2.45 bits per heavy atom. The van der Waals surface area contributed by atoms with Crippen molar-refractivity contribution in [2.24, 2.45) is 5.92 Å². The minimum atomic E-state index is -0.0658. The molecule has 3 heteroatoms. The van der Waals surface area contributed by atoms with Gasteiger partial charge in [0.25, 0.3) is 0 Å². The number of hydrogen-bond donors (Lipinski definition) is 1. The number of anilines is 1. The SMILES string of the molecule is O=C1CCCC[C@@H]1[C@H](Nc1ccccc1)c1ccccc1Cl. The number of para-hydroxylation sites is 1. The van der Waals surface area contributed by atoms with E-state index in [1.165, 1.54) is 0 Å². The first kappa shape index (κ1) is 15.1. The lowest BCUT2D eigenvalue weighted by Crippen LogP contribution is -2.30. The molecule has 3 rings (SSSR count). The highest BCUT2D eigenvalue weighted by Crippen LogP contribution is 2.37. The van der Waals surface area contributed by atoms with Crippen LogP contribution in [0.5, 0.6) is 0 Å². The highest BCUT2D eigenvalue weighted by Gasteiger charge is 2.32. The molecule has 1 fully saturated rings. The van der Waals surface area contributed by atoms with Crippen molar-refractivity contribution < 1.29 is 4.79 Å². The summed E-state index contributed by atoms with van der Waals surface area (Å²) in [7, 11) is 0. The first-order valence-corrected chi connectivity index (χ1v) is 8.22. The summed E-state index contributed by atoms with van der Waals surface area (Å²) in [5.74, 6) is 0.341. The Morgan fingerprint density at radius 2 is 1.73 bits per heavy atom. The van der Waals surface area contributed by atoms with Crippen molar-refractivity contribution in [2.75, 3.05) is 5.32 Å². The molecule has 114 valence electrons. The van der Waals surface area contributed by atoms with Crippen LogP contribution in [0.1, 0.15) is 37.3 Å². The summed E-state index contributed by atoms with van der Waals surface area (Å²) in [4.78, 5) is 12.4. The van der Waals surface area contributed by atoms with Crippen LogP contribution >= 0.6 is 11.6 Å². The van der Waals surface area contributed by atoms with E-state index in [2.05, 4.69) is 5.32 Å². The van der Waals surface area contributed by atoms with Crippen LogP contribution in [-0.2, 0) is 4.79 Å². The van der Waals surface area contributed by atoms with Gasteiger partial charge in [0.1, 0.15) is 5.78 Å². The smallest absolute Gasteiger partial charge is 0.138 e. The number of ketones is 1. The molecule has 0 unspecified atom stereocenters. The Balaban J connectivity index is 1.94. The van der Waals surface area contributed by atoms with Crippen LogP contribution in [0.2, 0.25) is 5.02 Å². The van der Waals surface area contributed by atoms with Crippen LogP contribution in [0.25, 0.3) is 0 Å². The molecule has 22 heavy (non-hydrogen) atoms. The number of carbonyl (C=O) groups is 1. The van der Waals surface area contributed by atoms with Gasteiger partial charge in [0.15, 0.2) is 0 Å². The number of halogens is 1. The third kappa shape index (κ3) is 3.33. The van der Waals surface area contributed by atoms with Gasteiger partial charge in [0.05, 0.1) is 6.04 Å². The van der Waals surface area contributed by atoms with Gasteiger partial charge in [-0.1, -0.05) is 54.4 Å². The van der Waals surface area contributed by atoms with Crippen molar-refractivity contribution in [3.8, 4) is 0 Å². The summed E-state index contributed by atoms with van der Waals surface area (Å²) >= 11 is 6.40. The van der Waals surface area contributed by atoms with Crippen molar-refractivity contribution in [2.45, 2.75) is 31.7 Å². The average molecular weight is 314 g/mol. The molecule has 0 heterocycles. The van der Waals surface area contributed by atoms with E-state index >= 15 is 0 Å². The molecular weight excluding hydrogens is 294 g/mol. The fraction of sp³-hybridized carbons (Fsp3) is 0.316. The Morgan fingerprint density at radius 1 is 1.00 bits per heavy atom. The molecule has 2 aromatic rings. The number of rotatable bonds is 4. The Bertz CT molecular complexity index is 641. The van der Waals surface area contributed by atoms with Crippen LogP contribution in [0.3, 0.4) is 0 Å². The van der Waals surface area contributed by atoms with Crippen molar-refractivity contribution in [1.29, 1.82) is 0 Å². The highest BCUT2D eigenvalue weighted by molar-refractivity contribution is 6.31. The second kappa shape index (κ2) is 6.97. The maximum absolute atomic E-state index is 12.4. The number of carbonyl (C=O) groups excluding carboxylic acids is 1. The molecule has 1 N–H and O–H groups in total. The summed E-state index contributed by atoms with van der Waals surface area (Å²) in [6, 6.07) is 17.8. The van der Waals surface area contributed by atoms with Crippen molar-refractivity contribution in [3.05, 3.63) is 65.2 Å². The lowest BCUT2D eigenvalue weighted by Gasteiger charge is -2.31. The first-order valence-electron chi connectivity index (χ1n) is 7.84. The molecule has 0 saturated heterocycles. The second-order valence-corrected chi connectivity index (χ2v) is 6.24. The normalized spacial score (nSPS) is 19.7. The fourth-order valence-electron chi connectivity index (χ4n) is 3.20. The van der Waals surface area contributed by atoms with E-state index in [1.807, 2.05) is 54.6 Å². The zero-order valence-electron chi connectivity index (χ0n) is 12.5. The topological polar surface area (TPSA) is 29.1 Å². The molecule has 2 atom stereocenters. The molecule has 0 radical (unpaired) electrons. The number of hydrogen-bond acceptors (Lipinski definition) is 2. The Kier molecular flexibility index (Phi) is 4.79. The van der Waals surface area contributed by atoms with E-state index in [0.29, 0.717) is 17.2 Å². The van der Waals surface area contributed by atoms with Gasteiger partial charge in [-0.05, 0) is 36.6 Å². The van der Waals surface area contributed by atoms with Gasteiger partial charge in [-0.3, -0.25) is 4.79 Å². The van der Waals surface area contributed by atoms with Crippen molar-refractivity contribution in [1.82, 2.24) is 0 Å². The van der Waals surface area contributed by atoms with Crippen LogP contribution in [0.15, 0.2) is 54.6 Å². The van der Waals surface area contributed by atoms with Crippen LogP contribution in [-0.4, -0.2) is 5.78 Å². The van der Waals surface area contributed by atoms with Gasteiger partial charge in [-0.25, -0.2) is 0 Å². The highest BCUT2D eigenvalue weighted by atomic mass is 35.5.